The van der Waals surface area contributed by atoms with Gasteiger partial charge in [0.05, 0.1) is 24.9 Å². The van der Waals surface area contributed by atoms with E-state index in [1.54, 1.807) is 91.1 Å². The lowest BCUT2D eigenvalue weighted by Crippen LogP contribution is -2.63. The fraction of sp³-hybridized carbons (Fsp3) is 0.427. The van der Waals surface area contributed by atoms with Gasteiger partial charge in [0.2, 0.25) is 59.1 Å². The highest BCUT2D eigenvalue weighted by Crippen LogP contribution is 2.25. The Labute approximate surface area is 628 Å². The van der Waals surface area contributed by atoms with Gasteiger partial charge in [-0.05, 0) is 91.2 Å². The highest BCUT2D eigenvalue weighted by atomic mass is 33.1. The van der Waals surface area contributed by atoms with Gasteiger partial charge in [0.25, 0.3) is 0 Å². The molecule has 5 aromatic carbocycles. The number of carboxylic acid groups (broad SMARTS) is 1. The molecule has 1 aliphatic rings. The van der Waals surface area contributed by atoms with Crippen LogP contribution >= 0.6 is 21.6 Å². The highest BCUT2D eigenvalue weighted by molar-refractivity contribution is 8.76. The Hall–Kier alpha value is -9.93. The normalized spacial score (nSPS) is 23.7. The van der Waals surface area contributed by atoms with Crippen molar-refractivity contribution in [2.45, 2.75) is 170 Å². The Morgan fingerprint density at radius 1 is 0.514 bits per heavy atom. The third-order valence-corrected chi connectivity index (χ3v) is 20.3. The van der Waals surface area contributed by atoms with Crippen LogP contribution in [0.4, 0.5) is 0 Å². The molecule has 0 bridgehead atoms. The monoisotopic (exact) mass is 1510 g/mol. The van der Waals surface area contributed by atoms with Gasteiger partial charge < -0.3 is 100 Å². The van der Waals surface area contributed by atoms with Crippen LogP contribution in [0.1, 0.15) is 80.3 Å². The molecule has 1 fully saturated rings. The quantitative estimate of drug-likeness (QED) is 0.0327. The van der Waals surface area contributed by atoms with Gasteiger partial charge in [-0.2, -0.15) is 0 Å². The molecule has 32 heteroatoms. The van der Waals surface area contributed by atoms with Gasteiger partial charge in [0, 0.05) is 80.3 Å². The minimum absolute atomic E-state index is 0.0238. The van der Waals surface area contributed by atoms with Crippen molar-refractivity contribution in [1.82, 2.24) is 63.1 Å². The van der Waals surface area contributed by atoms with E-state index in [1.807, 2.05) is 38.1 Å². The molecule has 30 nitrogen and oxygen atoms in total. The van der Waals surface area contributed by atoms with Gasteiger partial charge in [0.1, 0.15) is 66.2 Å². The molecule has 0 radical (unpaired) electrons. The number of aliphatic carboxylic acids is 1. The second-order valence-corrected chi connectivity index (χ2v) is 29.2. The summed E-state index contributed by atoms with van der Waals surface area (Å²) in [5.41, 5.74) is 16.4. The first-order valence-electron chi connectivity index (χ1n) is 35.2. The van der Waals surface area contributed by atoms with Crippen LogP contribution in [0.3, 0.4) is 0 Å². The molecule has 1 saturated heterocycles. The molecule has 7 rings (SSSR count). The predicted molar refractivity (Wildman–Crippen MR) is 404 cm³/mol. The van der Waals surface area contributed by atoms with E-state index in [0.29, 0.717) is 58.1 Å². The molecular weight excluding hydrogens is 1420 g/mol. The third kappa shape index (κ3) is 25.9. The third-order valence-electron chi connectivity index (χ3n) is 17.9. The molecule has 576 valence electrons. The number of hydrogen-bond acceptors (Lipinski definition) is 20. The fourth-order valence-corrected chi connectivity index (χ4v) is 14.0. The highest BCUT2D eigenvalue weighted by Gasteiger charge is 2.40. The summed E-state index contributed by atoms with van der Waals surface area (Å²) in [6.07, 6.45) is -2.23. The number of phenols is 1. The van der Waals surface area contributed by atoms with Crippen LogP contribution in [0, 0.1) is 0 Å². The van der Waals surface area contributed by atoms with Crippen LogP contribution in [0.2, 0.25) is 0 Å². The molecule has 0 aliphatic carbocycles. The molecule has 10 amide bonds. The topological polar surface area (TPSA) is 480 Å². The average Bonchev–Trinajstić information content (AvgIpc) is 1.78. The van der Waals surface area contributed by atoms with Crippen molar-refractivity contribution >= 4 is 97.5 Å². The maximum Gasteiger partial charge on any atom is 0.327 e. The number of aliphatic hydroxyl groups is 3. The maximum atomic E-state index is 15.9. The Morgan fingerprint density at radius 3 is 1.50 bits per heavy atom. The number of fused-ring (bicyclic) bond motifs is 1. The number of unbranched alkanes of at least 4 members (excludes halogenated alkanes) is 1. The van der Waals surface area contributed by atoms with Gasteiger partial charge >= 0.3 is 5.97 Å². The van der Waals surface area contributed by atoms with Crippen molar-refractivity contribution in [3.8, 4) is 5.75 Å². The first-order chi connectivity index (χ1) is 51.1. The van der Waals surface area contributed by atoms with Crippen molar-refractivity contribution in [2.24, 2.45) is 11.5 Å². The number of nitrogens with one attached hydrogen (secondary N) is 11. The fourth-order valence-electron chi connectivity index (χ4n) is 11.7. The Morgan fingerprint density at radius 2 is 0.963 bits per heavy atom. The first kappa shape index (κ1) is 84.3. The molecule has 0 unspecified atom stereocenters. The number of benzene rings is 5. The zero-order chi connectivity index (χ0) is 77.9. The average molecular weight is 1520 g/mol. The van der Waals surface area contributed by atoms with Crippen molar-refractivity contribution < 1.29 is 78.3 Å². The van der Waals surface area contributed by atoms with E-state index in [1.165, 1.54) is 38.2 Å². The molecule has 0 saturated carbocycles. The molecule has 2 heterocycles. The van der Waals surface area contributed by atoms with Gasteiger partial charge in [-0.25, -0.2) is 4.79 Å². The Balaban J connectivity index is 1.34. The number of H-pyrrole nitrogens is 1. The maximum absolute atomic E-state index is 15.9. The number of aromatic nitrogens is 1. The number of hydrogen-bond donors (Lipinski definition) is 18. The van der Waals surface area contributed by atoms with E-state index in [2.05, 4.69) is 58.2 Å². The van der Waals surface area contributed by atoms with Crippen LogP contribution in [0.25, 0.3) is 10.9 Å². The van der Waals surface area contributed by atoms with Gasteiger partial charge in [-0.15, -0.1) is 0 Å². The van der Waals surface area contributed by atoms with Gasteiger partial charge in [-0.1, -0.05) is 151 Å². The summed E-state index contributed by atoms with van der Waals surface area (Å²) in [7, 11) is 3.14. The van der Waals surface area contributed by atoms with E-state index in [0.717, 1.165) is 39.0 Å². The Bertz CT molecular complexity index is 3970. The molecule has 0 spiro atoms. The molecular formula is C75H98N14O16S2. The molecule has 1 aromatic heterocycles. The minimum Gasteiger partial charge on any atom is -0.508 e. The second-order valence-electron chi connectivity index (χ2n) is 26.7. The number of aromatic hydroxyl groups is 1. The summed E-state index contributed by atoms with van der Waals surface area (Å²) < 4.78 is 0. The number of aromatic amines is 1. The molecule has 13 atom stereocenters. The summed E-state index contributed by atoms with van der Waals surface area (Å²) in [4.78, 5) is 165. The van der Waals surface area contributed by atoms with Gasteiger partial charge in [0.15, 0.2) is 0 Å². The van der Waals surface area contributed by atoms with Crippen LogP contribution in [-0.4, -0.2) is 217 Å². The number of carbonyl (C=O) groups is 11. The largest absolute Gasteiger partial charge is 0.508 e. The molecule has 107 heavy (non-hydrogen) atoms. The van der Waals surface area contributed by atoms with E-state index < -0.39 is 157 Å². The minimum atomic E-state index is -1.95. The number of carbonyl (C=O) groups excluding carboxylic acids is 10. The summed E-state index contributed by atoms with van der Waals surface area (Å²) in [6.45, 7) is 5.84. The standard InChI is InChI=1S/C75H98N14O16S2/c1-42(2)78-37-49-25-23-48(24-26-49)35-62-71(100)88-64(44(4)92)72(101)83-58(34-47-27-29-51(93)30-28-47)69(98)87-63(43(3)91)73(102)85-60(39-90)70(99)86-61(75(104)105)41-107-106-40-53(77)65(94)80-55(22-14-15-31-76)66(95)81-56(32-45-16-8-6-9-17-45)67(96)82-57(33-46-18-10-7-11-19-46)68(97)84-59(74(103)89(62)5)36-50-38-79-54-21-13-12-20-52(50)54/h6-13,16-21,23-30,38,42-44,53,55-64,78-79,90-93H,14-15,22,31-37,39-41,76-77H2,1-5H3,(H,80,94)(H,81,95)(H,82,96)(H,83,101)(H,84,97)(H,85,102)(H,86,99)(H,87,98)(H,88,100)(H,104,105)/t43-,44-,53+,55+,56+,57+,58+,59-,60+,61+,62+,63+,64+/m1/s1. The summed E-state index contributed by atoms with van der Waals surface area (Å²) in [5.74, 6) is -12.2. The van der Waals surface area contributed by atoms with E-state index in [-0.39, 0.29) is 61.9 Å². The molecule has 1 aliphatic heterocycles. The summed E-state index contributed by atoms with van der Waals surface area (Å²) in [6, 6.07) is 19.3. The van der Waals surface area contributed by atoms with E-state index in [9.17, 15) is 59.1 Å². The van der Waals surface area contributed by atoms with Crippen LogP contribution < -0.4 is 64.6 Å². The number of nitrogens with zero attached hydrogens (tertiary/aromatic N) is 1. The summed E-state index contributed by atoms with van der Waals surface area (Å²) in [5, 5.41) is 80.6. The lowest BCUT2D eigenvalue weighted by Gasteiger charge is -2.33. The smallest absolute Gasteiger partial charge is 0.327 e. The number of carboxylic acids is 1. The lowest BCUT2D eigenvalue weighted by atomic mass is 9.98. The lowest BCUT2D eigenvalue weighted by molar-refractivity contribution is -0.143. The van der Waals surface area contributed by atoms with Crippen molar-refractivity contribution in [1.29, 1.82) is 0 Å². The van der Waals surface area contributed by atoms with Crippen molar-refractivity contribution in [3.05, 3.63) is 173 Å². The SMILES string of the molecule is CC(C)NCc1ccc(C[C@H]2C(=O)N[C@@H]([C@@H](C)O)C(=O)N[C@@H](Cc3ccc(O)cc3)C(=O)N[C@@H]([C@@H](C)O)C(=O)N[C@@H](CO)C(=O)N[C@H](C(=O)O)CSSC[C@H](N)C(=O)N[C@@H](CCCCN)C(=O)N[C@@H](Cc3ccccc3)C(=O)N[C@@H](Cc3ccccc3)C(=O)N[C@H](Cc3c[nH]c4ccccc34)C(=O)N2C)cc1. The van der Waals surface area contributed by atoms with Crippen molar-refractivity contribution in [3.63, 3.8) is 0 Å². The van der Waals surface area contributed by atoms with E-state index >= 15 is 19.2 Å². The zero-order valence-electron chi connectivity index (χ0n) is 60.2. The van der Waals surface area contributed by atoms with Gasteiger partial charge in [-0.3, -0.25) is 47.9 Å². The molecule has 6 aromatic rings. The zero-order valence-corrected chi connectivity index (χ0v) is 61.8. The van der Waals surface area contributed by atoms with E-state index in [4.69, 9.17) is 11.5 Å². The number of rotatable bonds is 21. The predicted octanol–water partition coefficient (Wildman–Crippen LogP) is -0.235. The Kier molecular flexibility index (Phi) is 33.0. The van der Waals surface area contributed by atoms with Crippen LogP contribution in [0.5, 0.6) is 5.75 Å². The number of amides is 10. The number of nitrogens with two attached hydrogens (primary N) is 2. The van der Waals surface area contributed by atoms with Crippen LogP contribution in [0.15, 0.2) is 140 Å². The van der Waals surface area contributed by atoms with Crippen molar-refractivity contribution in [2.75, 3.05) is 31.7 Å². The number of aliphatic hydroxyl groups excluding tert-OH is 3. The van der Waals surface area contributed by atoms with Crippen LogP contribution in [-0.2, 0) is 91.4 Å². The number of likely N-dealkylation sites (N-methyl/N-ethyl adjacent to an activating group) is 1. The number of phenolic OH excluding ortho intramolecular Hbond substituents is 1. The summed E-state index contributed by atoms with van der Waals surface area (Å²) >= 11 is 0. The second kappa shape index (κ2) is 41.8. The first-order valence-corrected chi connectivity index (χ1v) is 37.7. The molecule has 20 N–H and O–H groups in total. The number of para-hydroxylation sites is 1.